The van der Waals surface area contributed by atoms with Crippen LogP contribution < -0.4 is 5.73 Å². The van der Waals surface area contributed by atoms with Crippen molar-refractivity contribution in [1.29, 1.82) is 0 Å². The van der Waals surface area contributed by atoms with Crippen molar-refractivity contribution < 1.29 is 9.90 Å². The second-order valence-corrected chi connectivity index (χ2v) is 7.23. The molecular formula is C19H28N2O2. The average Bonchev–Trinajstić information content (AvgIpc) is 2.72. The van der Waals surface area contributed by atoms with Crippen molar-refractivity contribution in [2.75, 3.05) is 6.54 Å². The molecule has 3 N–H and O–H groups in total. The van der Waals surface area contributed by atoms with Crippen LogP contribution in [0.5, 0.6) is 0 Å². The van der Waals surface area contributed by atoms with Crippen LogP contribution in [-0.4, -0.2) is 22.2 Å². The average molecular weight is 316 g/mol. The highest BCUT2D eigenvalue weighted by Gasteiger charge is 2.24. The van der Waals surface area contributed by atoms with Gasteiger partial charge in [0, 0.05) is 17.6 Å². The van der Waals surface area contributed by atoms with Gasteiger partial charge in [0.05, 0.1) is 11.1 Å². The molecule has 1 aromatic carbocycles. The second kappa shape index (κ2) is 6.36. The number of aromatic carboxylic acids is 1. The van der Waals surface area contributed by atoms with Crippen LogP contribution in [0.1, 0.15) is 61.3 Å². The zero-order chi connectivity index (χ0) is 17.4. The van der Waals surface area contributed by atoms with Gasteiger partial charge in [0.1, 0.15) is 0 Å². The Balaban J connectivity index is 2.93. The number of fused-ring (bicyclic) bond motifs is 1. The van der Waals surface area contributed by atoms with Crippen LogP contribution in [-0.2, 0) is 18.4 Å². The summed E-state index contributed by atoms with van der Waals surface area (Å²) in [5, 5.41) is 10.8. The molecule has 0 saturated carbocycles. The summed E-state index contributed by atoms with van der Waals surface area (Å²) in [4.78, 5) is 11.9. The molecule has 4 heteroatoms. The molecule has 23 heavy (non-hydrogen) atoms. The lowest BCUT2D eigenvalue weighted by Gasteiger charge is -2.20. The van der Waals surface area contributed by atoms with E-state index in [1.165, 1.54) is 5.56 Å². The summed E-state index contributed by atoms with van der Waals surface area (Å²) >= 11 is 0. The molecule has 0 spiro atoms. The minimum Gasteiger partial charge on any atom is -0.478 e. The fraction of sp³-hybridized carbons (Fsp3) is 0.526. The maximum absolute atomic E-state index is 11.9. The molecule has 0 unspecified atom stereocenters. The van der Waals surface area contributed by atoms with E-state index >= 15 is 0 Å². The molecule has 126 valence electrons. The highest BCUT2D eigenvalue weighted by molar-refractivity contribution is 6.04. The number of nitrogens with two attached hydrogens (primary N) is 1. The first-order chi connectivity index (χ1) is 10.7. The molecule has 0 fully saturated rings. The monoisotopic (exact) mass is 316 g/mol. The predicted octanol–water partition coefficient (Wildman–Crippen LogP) is 3.86. The predicted molar refractivity (Wildman–Crippen MR) is 95.4 cm³/mol. The van der Waals surface area contributed by atoms with Crippen molar-refractivity contribution in [2.45, 2.75) is 59.4 Å². The summed E-state index contributed by atoms with van der Waals surface area (Å²) in [5.41, 5.74) is 10.3. The van der Waals surface area contributed by atoms with Gasteiger partial charge < -0.3 is 15.4 Å². The lowest BCUT2D eigenvalue weighted by Crippen LogP contribution is -2.13. The fourth-order valence-electron chi connectivity index (χ4n) is 3.24. The number of aryl methyl sites for hydroxylation is 1. The minimum absolute atomic E-state index is 0.0981. The maximum Gasteiger partial charge on any atom is 0.337 e. The molecule has 2 rings (SSSR count). The molecule has 0 amide bonds. The first-order valence-electron chi connectivity index (χ1n) is 8.31. The third-order valence-corrected chi connectivity index (χ3v) is 4.48. The molecule has 0 aliphatic heterocycles. The molecule has 0 aliphatic rings. The van der Waals surface area contributed by atoms with E-state index in [4.69, 9.17) is 5.73 Å². The fourth-order valence-corrected chi connectivity index (χ4v) is 3.24. The standard InChI is InChI=1S/C19H28N2O2/c1-6-9-21-12(2)14(7-8-20)15-10-13(19(3,4)5)11-16(17(15)21)18(22)23/h10-11H,6-9,20H2,1-5H3,(H,22,23). The quantitative estimate of drug-likeness (QED) is 0.880. The SMILES string of the molecule is CCCn1c(C)c(CCN)c2cc(C(C)(C)C)cc(C(=O)O)c21. The molecule has 0 atom stereocenters. The zero-order valence-electron chi connectivity index (χ0n) is 14.9. The first kappa shape index (κ1) is 17.5. The van der Waals surface area contributed by atoms with Gasteiger partial charge in [-0.15, -0.1) is 0 Å². The van der Waals surface area contributed by atoms with Crippen LogP contribution in [0.2, 0.25) is 0 Å². The highest BCUT2D eigenvalue weighted by atomic mass is 16.4. The summed E-state index contributed by atoms with van der Waals surface area (Å²) < 4.78 is 2.15. The highest BCUT2D eigenvalue weighted by Crippen LogP contribution is 2.34. The number of carboxylic acids is 1. The van der Waals surface area contributed by atoms with Gasteiger partial charge in [-0.05, 0) is 55.0 Å². The number of aromatic nitrogens is 1. The van der Waals surface area contributed by atoms with Crippen LogP contribution in [0.3, 0.4) is 0 Å². The van der Waals surface area contributed by atoms with Gasteiger partial charge in [0.15, 0.2) is 0 Å². The Labute approximate surface area is 138 Å². The molecule has 0 saturated heterocycles. The number of carbonyl (C=O) groups is 1. The van der Waals surface area contributed by atoms with Crippen molar-refractivity contribution in [3.05, 3.63) is 34.5 Å². The molecule has 0 aliphatic carbocycles. The molecule has 2 aromatic rings. The maximum atomic E-state index is 11.9. The van der Waals surface area contributed by atoms with E-state index in [2.05, 4.69) is 45.3 Å². The van der Waals surface area contributed by atoms with Crippen molar-refractivity contribution in [2.24, 2.45) is 5.73 Å². The van der Waals surface area contributed by atoms with E-state index in [-0.39, 0.29) is 5.41 Å². The van der Waals surface area contributed by atoms with Crippen LogP contribution in [0.25, 0.3) is 10.9 Å². The van der Waals surface area contributed by atoms with E-state index in [1.54, 1.807) is 0 Å². The molecule has 0 bridgehead atoms. The van der Waals surface area contributed by atoms with E-state index in [0.717, 1.165) is 41.5 Å². The summed E-state index contributed by atoms with van der Waals surface area (Å²) in [7, 11) is 0. The molecule has 0 radical (unpaired) electrons. The summed E-state index contributed by atoms with van der Waals surface area (Å²) in [6.45, 7) is 11.9. The minimum atomic E-state index is -0.866. The van der Waals surface area contributed by atoms with Gasteiger partial charge in [-0.1, -0.05) is 27.7 Å². The zero-order valence-corrected chi connectivity index (χ0v) is 14.9. The van der Waals surface area contributed by atoms with E-state index in [9.17, 15) is 9.90 Å². The number of hydrogen-bond acceptors (Lipinski definition) is 2. The van der Waals surface area contributed by atoms with Crippen LogP contribution >= 0.6 is 0 Å². The summed E-state index contributed by atoms with van der Waals surface area (Å²) in [5.74, 6) is -0.866. The number of benzene rings is 1. The summed E-state index contributed by atoms with van der Waals surface area (Å²) in [6, 6.07) is 3.99. The molecule has 4 nitrogen and oxygen atoms in total. The third-order valence-electron chi connectivity index (χ3n) is 4.48. The van der Waals surface area contributed by atoms with Gasteiger partial charge in [-0.3, -0.25) is 0 Å². The number of hydrogen-bond donors (Lipinski definition) is 2. The molecule has 1 aromatic heterocycles. The van der Waals surface area contributed by atoms with E-state index < -0.39 is 5.97 Å². The Hall–Kier alpha value is -1.81. The van der Waals surface area contributed by atoms with Crippen molar-refractivity contribution in [1.82, 2.24) is 4.57 Å². The van der Waals surface area contributed by atoms with E-state index in [1.807, 2.05) is 6.07 Å². The lowest BCUT2D eigenvalue weighted by molar-refractivity contribution is 0.0698. The summed E-state index contributed by atoms with van der Waals surface area (Å²) in [6.07, 6.45) is 1.73. The van der Waals surface area contributed by atoms with Gasteiger partial charge >= 0.3 is 5.97 Å². The Morgan fingerprint density at radius 3 is 2.43 bits per heavy atom. The Morgan fingerprint density at radius 2 is 1.96 bits per heavy atom. The number of nitrogens with zero attached hydrogens (tertiary/aromatic N) is 1. The second-order valence-electron chi connectivity index (χ2n) is 7.23. The van der Waals surface area contributed by atoms with Crippen LogP contribution in [0, 0.1) is 6.92 Å². The largest absolute Gasteiger partial charge is 0.478 e. The molecular weight excluding hydrogens is 288 g/mol. The Morgan fingerprint density at radius 1 is 1.30 bits per heavy atom. The normalized spacial score (nSPS) is 12.1. The Kier molecular flexibility index (Phi) is 4.85. The number of rotatable bonds is 5. The van der Waals surface area contributed by atoms with Gasteiger partial charge in [-0.25, -0.2) is 4.79 Å². The van der Waals surface area contributed by atoms with Crippen molar-refractivity contribution in [3.8, 4) is 0 Å². The first-order valence-corrected chi connectivity index (χ1v) is 8.31. The number of carboxylic acid groups (broad SMARTS) is 1. The van der Waals surface area contributed by atoms with Gasteiger partial charge in [-0.2, -0.15) is 0 Å². The van der Waals surface area contributed by atoms with Gasteiger partial charge in [0.25, 0.3) is 0 Å². The van der Waals surface area contributed by atoms with E-state index in [0.29, 0.717) is 12.1 Å². The Bertz CT molecular complexity index is 736. The van der Waals surface area contributed by atoms with Crippen LogP contribution in [0.4, 0.5) is 0 Å². The lowest BCUT2D eigenvalue weighted by atomic mass is 9.84. The van der Waals surface area contributed by atoms with Crippen molar-refractivity contribution >= 4 is 16.9 Å². The van der Waals surface area contributed by atoms with Crippen molar-refractivity contribution in [3.63, 3.8) is 0 Å². The smallest absolute Gasteiger partial charge is 0.337 e. The molecule has 1 heterocycles. The third kappa shape index (κ3) is 3.13. The van der Waals surface area contributed by atoms with Crippen LogP contribution in [0.15, 0.2) is 12.1 Å². The topological polar surface area (TPSA) is 68.2 Å². The van der Waals surface area contributed by atoms with Gasteiger partial charge in [0.2, 0.25) is 0 Å².